The maximum absolute atomic E-state index is 10.1. The number of hydrogen-bond acceptors (Lipinski definition) is 2. The summed E-state index contributed by atoms with van der Waals surface area (Å²) in [5.74, 6) is -0.0903. The molecule has 0 aliphatic rings. The van der Waals surface area contributed by atoms with Crippen molar-refractivity contribution in [3.05, 3.63) is 0 Å². The van der Waals surface area contributed by atoms with E-state index in [0.29, 0.717) is 6.42 Å². The minimum atomic E-state index is -3.70. The van der Waals surface area contributed by atoms with Gasteiger partial charge in [-0.15, -0.1) is 0 Å². The zero-order valence-electron chi connectivity index (χ0n) is 6.21. The average Bonchev–Trinajstić information content (AvgIpc) is 1.78. The van der Waals surface area contributed by atoms with Crippen LogP contribution in [0, 0.1) is 0 Å². The second-order valence-corrected chi connectivity index (χ2v) is 3.92. The quantitative estimate of drug-likeness (QED) is 0.425. The van der Waals surface area contributed by atoms with Gasteiger partial charge in [-0.1, -0.05) is 26.2 Å². The van der Waals surface area contributed by atoms with E-state index in [1.165, 1.54) is 0 Å². The summed E-state index contributed by atoms with van der Waals surface area (Å²) < 4.78 is 28.6. The van der Waals surface area contributed by atoms with Crippen LogP contribution in [0.15, 0.2) is 0 Å². The maximum atomic E-state index is 10.1. The summed E-state index contributed by atoms with van der Waals surface area (Å²) in [6.07, 6.45) is 3.57. The van der Waals surface area contributed by atoms with E-state index < -0.39 is 10.1 Å². The Labute approximate surface area is 81.4 Å². The van der Waals surface area contributed by atoms with Crippen LogP contribution < -0.4 is 0 Å². The van der Waals surface area contributed by atoms with Crippen molar-refractivity contribution < 1.29 is 13.0 Å². The molecule has 0 saturated heterocycles. The first kappa shape index (κ1) is 14.1. The van der Waals surface area contributed by atoms with Crippen LogP contribution in [0.2, 0.25) is 0 Å². The summed E-state index contributed by atoms with van der Waals surface area (Å²) >= 11 is 0. The van der Waals surface area contributed by atoms with Crippen LogP contribution >= 0.6 is 0 Å². The average molecular weight is 239 g/mol. The minimum absolute atomic E-state index is 0. The molecule has 0 aromatic heterocycles. The second-order valence-electron chi connectivity index (χ2n) is 2.35. The van der Waals surface area contributed by atoms with Gasteiger partial charge in [0, 0.05) is 0 Å². The van der Waals surface area contributed by atoms with Crippen molar-refractivity contribution in [2.24, 2.45) is 0 Å². The SMILES string of the molecule is CCCCCCS(=O)(=O)O.[GaH3]. The van der Waals surface area contributed by atoms with Crippen molar-refractivity contribution in [2.45, 2.75) is 32.6 Å². The summed E-state index contributed by atoms with van der Waals surface area (Å²) in [4.78, 5) is 0. The van der Waals surface area contributed by atoms with Gasteiger partial charge in [-0.2, -0.15) is 8.42 Å². The molecule has 5 heteroatoms. The van der Waals surface area contributed by atoms with Crippen molar-refractivity contribution >= 4 is 29.9 Å². The van der Waals surface area contributed by atoms with Crippen molar-refractivity contribution in [3.8, 4) is 0 Å². The van der Waals surface area contributed by atoms with Crippen LogP contribution in [0.25, 0.3) is 0 Å². The molecular formula is C6H17GaO3S. The van der Waals surface area contributed by atoms with Crippen molar-refractivity contribution in [1.82, 2.24) is 0 Å². The topological polar surface area (TPSA) is 54.4 Å². The Bertz CT molecular complexity index is 165. The molecule has 0 saturated carbocycles. The van der Waals surface area contributed by atoms with Gasteiger partial charge in [0.2, 0.25) is 0 Å². The van der Waals surface area contributed by atoms with Crippen LogP contribution in [0.1, 0.15) is 32.6 Å². The predicted octanol–water partition coefficient (Wildman–Crippen LogP) is 0.271. The Morgan fingerprint density at radius 2 is 1.73 bits per heavy atom. The first-order chi connectivity index (χ1) is 4.56. The molecular weight excluding hydrogens is 222 g/mol. The predicted molar refractivity (Wildman–Crippen MR) is 50.5 cm³/mol. The van der Waals surface area contributed by atoms with Crippen molar-refractivity contribution in [2.75, 3.05) is 5.75 Å². The van der Waals surface area contributed by atoms with E-state index in [4.69, 9.17) is 4.55 Å². The molecule has 3 nitrogen and oxygen atoms in total. The second kappa shape index (κ2) is 7.21. The van der Waals surface area contributed by atoms with Gasteiger partial charge in [0.25, 0.3) is 10.1 Å². The molecule has 0 fully saturated rings. The van der Waals surface area contributed by atoms with Gasteiger partial charge in [0.15, 0.2) is 0 Å². The van der Waals surface area contributed by atoms with E-state index in [1.54, 1.807) is 0 Å². The van der Waals surface area contributed by atoms with E-state index in [-0.39, 0.29) is 25.5 Å². The Hall–Kier alpha value is 0.546. The monoisotopic (exact) mass is 238 g/mol. The molecule has 0 aromatic carbocycles. The summed E-state index contributed by atoms with van der Waals surface area (Å²) in [6, 6.07) is 0. The zero-order chi connectivity index (χ0) is 8.04. The van der Waals surface area contributed by atoms with Crippen LogP contribution in [-0.2, 0) is 10.1 Å². The first-order valence-corrected chi connectivity index (χ1v) is 5.12. The van der Waals surface area contributed by atoms with Gasteiger partial charge in [0.05, 0.1) is 5.75 Å². The molecule has 0 aromatic rings. The molecule has 68 valence electrons. The van der Waals surface area contributed by atoms with E-state index in [1.807, 2.05) is 6.92 Å². The third-order valence-electron chi connectivity index (χ3n) is 1.26. The summed E-state index contributed by atoms with van der Waals surface area (Å²) in [5.41, 5.74) is 0. The molecule has 0 aliphatic carbocycles. The fraction of sp³-hybridized carbons (Fsp3) is 1.00. The van der Waals surface area contributed by atoms with Crippen LogP contribution in [0.5, 0.6) is 0 Å². The van der Waals surface area contributed by atoms with E-state index in [9.17, 15) is 8.42 Å². The summed E-state index contributed by atoms with van der Waals surface area (Å²) in [5, 5.41) is 0. The van der Waals surface area contributed by atoms with Gasteiger partial charge in [-0.3, -0.25) is 4.55 Å². The standard InChI is InChI=1S/C6H14O3S.Ga.3H/c1-2-3-4-5-6-10(7,8)9;;;;/h2-6H2,1H3,(H,7,8,9);;;;. The zero-order valence-corrected chi connectivity index (χ0v) is 7.02. The molecule has 0 spiro atoms. The normalized spacial score (nSPS) is 10.7. The van der Waals surface area contributed by atoms with Crippen LogP contribution in [-0.4, -0.2) is 38.5 Å². The molecule has 11 heavy (non-hydrogen) atoms. The Kier molecular flexibility index (Phi) is 9.24. The molecule has 0 atom stereocenters. The number of unbranched alkanes of at least 4 members (excludes halogenated alkanes) is 3. The van der Waals surface area contributed by atoms with Crippen LogP contribution in [0.4, 0.5) is 0 Å². The summed E-state index contributed by atoms with van der Waals surface area (Å²) in [6.45, 7) is 2.05. The molecule has 0 radical (unpaired) electrons. The Morgan fingerprint density at radius 1 is 1.18 bits per heavy atom. The van der Waals surface area contributed by atoms with E-state index in [2.05, 4.69) is 0 Å². The van der Waals surface area contributed by atoms with Crippen LogP contribution in [0.3, 0.4) is 0 Å². The molecule has 0 rings (SSSR count). The number of rotatable bonds is 5. The molecule has 0 amide bonds. The van der Waals surface area contributed by atoms with Gasteiger partial charge in [0.1, 0.15) is 0 Å². The third-order valence-corrected chi connectivity index (χ3v) is 2.06. The third kappa shape index (κ3) is 13.5. The van der Waals surface area contributed by atoms with Gasteiger partial charge < -0.3 is 0 Å². The fourth-order valence-corrected chi connectivity index (χ4v) is 1.28. The number of hydrogen-bond donors (Lipinski definition) is 1. The fourth-order valence-electron chi connectivity index (χ4n) is 0.711. The van der Waals surface area contributed by atoms with Gasteiger partial charge in [-0.25, -0.2) is 0 Å². The van der Waals surface area contributed by atoms with E-state index >= 15 is 0 Å². The Balaban J connectivity index is 0. The van der Waals surface area contributed by atoms with E-state index in [0.717, 1.165) is 19.3 Å². The van der Waals surface area contributed by atoms with Gasteiger partial charge in [-0.05, 0) is 6.42 Å². The van der Waals surface area contributed by atoms with Crippen molar-refractivity contribution in [1.29, 1.82) is 0 Å². The molecule has 0 bridgehead atoms. The first-order valence-electron chi connectivity index (χ1n) is 3.51. The molecule has 0 unspecified atom stereocenters. The molecule has 0 aliphatic heterocycles. The summed E-state index contributed by atoms with van der Waals surface area (Å²) in [7, 11) is -3.70. The Morgan fingerprint density at radius 3 is 2.09 bits per heavy atom. The van der Waals surface area contributed by atoms with Crippen molar-refractivity contribution in [3.63, 3.8) is 0 Å². The molecule has 0 heterocycles. The van der Waals surface area contributed by atoms with Gasteiger partial charge >= 0.3 is 19.8 Å². The molecule has 1 N–H and O–H groups in total.